The lowest BCUT2D eigenvalue weighted by Crippen LogP contribution is -2.49. The summed E-state index contributed by atoms with van der Waals surface area (Å²) >= 11 is 1.78. The van der Waals surface area contributed by atoms with Crippen LogP contribution < -0.4 is 0 Å². The van der Waals surface area contributed by atoms with Crippen LogP contribution in [0.3, 0.4) is 0 Å². The molecule has 2 aliphatic rings. The van der Waals surface area contributed by atoms with E-state index >= 15 is 0 Å². The van der Waals surface area contributed by atoms with Gasteiger partial charge in [0.05, 0.1) is 13.1 Å². The van der Waals surface area contributed by atoms with E-state index in [1.807, 2.05) is 18.5 Å². The zero-order chi connectivity index (χ0) is 16.5. The molecule has 4 rings (SSSR count). The Morgan fingerprint density at radius 3 is 2.96 bits per heavy atom. The molecule has 3 atom stereocenters. The highest BCUT2D eigenvalue weighted by Gasteiger charge is 2.44. The Bertz CT molecular complexity index is 624. The number of rotatable bonds is 5. The lowest BCUT2D eigenvalue weighted by Gasteiger charge is -2.40. The molecule has 2 aliphatic heterocycles. The third-order valence-electron chi connectivity index (χ3n) is 5.55. The minimum absolute atomic E-state index is 0.603. The summed E-state index contributed by atoms with van der Waals surface area (Å²) in [4.78, 5) is 9.84. The molecule has 4 heterocycles. The van der Waals surface area contributed by atoms with Gasteiger partial charge >= 0.3 is 0 Å². The van der Waals surface area contributed by atoms with Crippen molar-refractivity contribution in [3.63, 3.8) is 0 Å². The van der Waals surface area contributed by atoms with Crippen molar-refractivity contribution in [2.75, 3.05) is 13.1 Å². The first-order valence-electron chi connectivity index (χ1n) is 9.06. The van der Waals surface area contributed by atoms with Gasteiger partial charge in [-0.15, -0.1) is 11.3 Å². The van der Waals surface area contributed by atoms with E-state index in [0.29, 0.717) is 12.1 Å². The summed E-state index contributed by atoms with van der Waals surface area (Å²) in [6.45, 7) is 9.14. The van der Waals surface area contributed by atoms with Crippen LogP contribution in [0, 0.1) is 5.92 Å². The standard InChI is InChI=1S/C18H27N5S/c1-14(2)23-16(12-22-7-3-5-20-22)10-15-11-21(8-4-17(15)23)13-18-19-6-9-24-18/h3,5-7,9,14-17H,4,8,10-13H2,1-2H3/t15-,16+,17+/m1/s1. The number of likely N-dealkylation sites (tertiary alicyclic amines) is 2. The van der Waals surface area contributed by atoms with Crippen LogP contribution in [-0.4, -0.2) is 55.8 Å². The number of fused-ring (bicyclic) bond motifs is 1. The maximum atomic E-state index is 4.46. The highest BCUT2D eigenvalue weighted by molar-refractivity contribution is 7.09. The van der Waals surface area contributed by atoms with E-state index in [1.54, 1.807) is 11.3 Å². The summed E-state index contributed by atoms with van der Waals surface area (Å²) in [5.41, 5.74) is 0. The van der Waals surface area contributed by atoms with Crippen LogP contribution in [-0.2, 0) is 13.1 Å². The van der Waals surface area contributed by atoms with Crippen molar-refractivity contribution in [3.8, 4) is 0 Å². The van der Waals surface area contributed by atoms with Gasteiger partial charge in [0, 0.05) is 55.2 Å². The van der Waals surface area contributed by atoms with Crippen molar-refractivity contribution in [3.05, 3.63) is 35.0 Å². The van der Waals surface area contributed by atoms with Gasteiger partial charge < -0.3 is 0 Å². The monoisotopic (exact) mass is 345 g/mol. The molecule has 0 bridgehead atoms. The fourth-order valence-electron chi connectivity index (χ4n) is 4.72. The van der Waals surface area contributed by atoms with E-state index in [2.05, 4.69) is 50.0 Å². The van der Waals surface area contributed by atoms with Gasteiger partial charge in [0.25, 0.3) is 0 Å². The van der Waals surface area contributed by atoms with Crippen LogP contribution in [0.1, 0.15) is 31.7 Å². The normalized spacial score (nSPS) is 28.5. The summed E-state index contributed by atoms with van der Waals surface area (Å²) in [5, 5.41) is 7.76. The molecule has 0 radical (unpaired) electrons. The Morgan fingerprint density at radius 1 is 1.33 bits per heavy atom. The van der Waals surface area contributed by atoms with Crippen LogP contribution in [0.25, 0.3) is 0 Å². The van der Waals surface area contributed by atoms with Crippen LogP contribution in [0.15, 0.2) is 30.0 Å². The number of thiazole rings is 1. The topological polar surface area (TPSA) is 37.2 Å². The quantitative estimate of drug-likeness (QED) is 0.835. The fourth-order valence-corrected chi connectivity index (χ4v) is 5.38. The second-order valence-electron chi connectivity index (χ2n) is 7.44. The zero-order valence-corrected chi connectivity index (χ0v) is 15.4. The van der Waals surface area contributed by atoms with E-state index in [1.165, 1.54) is 30.9 Å². The first kappa shape index (κ1) is 16.2. The molecule has 0 aromatic carbocycles. The Labute approximate surface area is 148 Å². The molecule has 2 fully saturated rings. The van der Waals surface area contributed by atoms with Gasteiger partial charge in [0.2, 0.25) is 0 Å². The highest BCUT2D eigenvalue weighted by atomic mass is 32.1. The second kappa shape index (κ2) is 6.94. The molecule has 0 aliphatic carbocycles. The molecule has 0 unspecified atom stereocenters. The second-order valence-corrected chi connectivity index (χ2v) is 8.41. The minimum Gasteiger partial charge on any atom is -0.296 e. The Balaban J connectivity index is 1.44. The van der Waals surface area contributed by atoms with Gasteiger partial charge in [-0.05, 0) is 38.7 Å². The Kier molecular flexibility index (Phi) is 4.70. The smallest absolute Gasteiger partial charge is 0.107 e. The van der Waals surface area contributed by atoms with E-state index in [0.717, 1.165) is 25.0 Å². The molecule has 130 valence electrons. The van der Waals surface area contributed by atoms with Gasteiger partial charge in [0.1, 0.15) is 5.01 Å². The molecular weight excluding hydrogens is 318 g/mol. The lowest BCUT2D eigenvalue weighted by molar-refractivity contribution is 0.0718. The molecule has 0 N–H and O–H groups in total. The maximum Gasteiger partial charge on any atom is 0.107 e. The first-order chi connectivity index (χ1) is 11.7. The summed E-state index contributed by atoms with van der Waals surface area (Å²) < 4.78 is 2.10. The molecule has 0 amide bonds. The number of nitrogens with zero attached hydrogens (tertiary/aromatic N) is 5. The van der Waals surface area contributed by atoms with Crippen LogP contribution >= 0.6 is 11.3 Å². The number of hydrogen-bond acceptors (Lipinski definition) is 5. The van der Waals surface area contributed by atoms with Crippen molar-refractivity contribution >= 4 is 11.3 Å². The molecular formula is C18H27N5S. The molecule has 0 spiro atoms. The van der Waals surface area contributed by atoms with E-state index in [9.17, 15) is 0 Å². The number of piperidine rings is 1. The molecule has 6 heteroatoms. The van der Waals surface area contributed by atoms with E-state index in [4.69, 9.17) is 0 Å². The van der Waals surface area contributed by atoms with Crippen LogP contribution in [0.5, 0.6) is 0 Å². The van der Waals surface area contributed by atoms with Gasteiger partial charge in [-0.25, -0.2) is 4.98 Å². The Morgan fingerprint density at radius 2 is 2.25 bits per heavy atom. The van der Waals surface area contributed by atoms with Crippen LogP contribution in [0.2, 0.25) is 0 Å². The Hall–Kier alpha value is -1.24. The van der Waals surface area contributed by atoms with Crippen molar-refractivity contribution in [1.29, 1.82) is 0 Å². The predicted octanol–water partition coefficient (Wildman–Crippen LogP) is 2.71. The average Bonchev–Trinajstić information content (AvgIpc) is 3.27. The average molecular weight is 346 g/mol. The summed E-state index contributed by atoms with van der Waals surface area (Å²) in [7, 11) is 0. The van der Waals surface area contributed by atoms with E-state index < -0.39 is 0 Å². The molecule has 2 aromatic heterocycles. The summed E-state index contributed by atoms with van der Waals surface area (Å²) in [6.07, 6.45) is 8.47. The minimum atomic E-state index is 0.603. The zero-order valence-electron chi connectivity index (χ0n) is 14.6. The largest absolute Gasteiger partial charge is 0.296 e. The number of hydrogen-bond donors (Lipinski definition) is 0. The third-order valence-corrected chi connectivity index (χ3v) is 6.32. The third kappa shape index (κ3) is 3.27. The van der Waals surface area contributed by atoms with E-state index in [-0.39, 0.29) is 0 Å². The summed E-state index contributed by atoms with van der Waals surface area (Å²) in [5.74, 6) is 0.779. The van der Waals surface area contributed by atoms with Crippen molar-refractivity contribution < 1.29 is 0 Å². The predicted molar refractivity (Wildman–Crippen MR) is 96.9 cm³/mol. The van der Waals surface area contributed by atoms with Gasteiger partial charge in [-0.2, -0.15) is 5.10 Å². The molecule has 0 saturated carbocycles. The maximum absolute atomic E-state index is 4.46. The van der Waals surface area contributed by atoms with Crippen LogP contribution in [0.4, 0.5) is 0 Å². The molecule has 24 heavy (non-hydrogen) atoms. The van der Waals surface area contributed by atoms with Gasteiger partial charge in [-0.3, -0.25) is 14.5 Å². The fraction of sp³-hybridized carbons (Fsp3) is 0.667. The van der Waals surface area contributed by atoms with Crippen molar-refractivity contribution in [2.45, 2.75) is 57.9 Å². The molecule has 5 nitrogen and oxygen atoms in total. The van der Waals surface area contributed by atoms with Gasteiger partial charge in [0.15, 0.2) is 0 Å². The first-order valence-corrected chi connectivity index (χ1v) is 9.94. The SMILES string of the molecule is CC(C)N1[C@H](Cn2cccn2)C[C@@H]2CN(Cc3nccs3)CC[C@@H]21. The van der Waals surface area contributed by atoms with Gasteiger partial charge in [-0.1, -0.05) is 0 Å². The van der Waals surface area contributed by atoms with Crippen molar-refractivity contribution in [1.82, 2.24) is 24.6 Å². The van der Waals surface area contributed by atoms with Crippen molar-refractivity contribution in [2.24, 2.45) is 5.92 Å². The summed E-state index contributed by atoms with van der Waals surface area (Å²) in [6, 6.07) is 3.97. The highest BCUT2D eigenvalue weighted by Crippen LogP contribution is 2.38. The molecule has 2 aromatic rings. The molecule has 2 saturated heterocycles. The lowest BCUT2D eigenvalue weighted by atomic mass is 9.92. The number of aromatic nitrogens is 3.